The van der Waals surface area contributed by atoms with E-state index < -0.39 is 5.97 Å². The molecule has 64 valence electrons. The van der Waals surface area contributed by atoms with E-state index in [1.54, 1.807) is 11.8 Å². The summed E-state index contributed by atoms with van der Waals surface area (Å²) in [7, 11) is 0. The average molecular weight is 206 g/mol. The maximum Gasteiger partial charge on any atom is 1.00 e. The fourth-order valence-electron chi connectivity index (χ4n) is 0.224. The molecule has 0 spiro atoms. The molecular weight excluding hydrogens is 191 g/mol. The molecule has 0 aromatic heterocycles. The van der Waals surface area contributed by atoms with Crippen LogP contribution in [0.4, 0.5) is 0 Å². The number of carboxylic acids is 1. The summed E-state index contributed by atoms with van der Waals surface area (Å²) in [6.45, 7) is 5.37. The van der Waals surface area contributed by atoms with Crippen LogP contribution in [0.15, 0.2) is 0 Å². The minimum absolute atomic E-state index is 0. The minimum atomic E-state index is -1.08. The predicted molar refractivity (Wildman–Crippen MR) is 42.5 cm³/mol. The van der Waals surface area contributed by atoms with Gasteiger partial charge in [-0.15, -0.1) is 0 Å². The molecule has 0 fully saturated rings. The van der Waals surface area contributed by atoms with Gasteiger partial charge in [-0.3, -0.25) is 0 Å². The maximum atomic E-state index is 8.89. The van der Waals surface area contributed by atoms with E-state index in [0.29, 0.717) is 0 Å². The van der Waals surface area contributed by atoms with Gasteiger partial charge in [-0.25, -0.2) is 0 Å². The molecule has 0 heterocycles. The molecule has 0 bridgehead atoms. The summed E-state index contributed by atoms with van der Waals surface area (Å²) in [4.78, 5) is 8.89. The van der Waals surface area contributed by atoms with Crippen molar-refractivity contribution >= 4 is 17.7 Å². The second-order valence-corrected chi connectivity index (χ2v) is 3.06. The second kappa shape index (κ2) is 22.5. The van der Waals surface area contributed by atoms with Crippen LogP contribution in [0.2, 0.25) is 0 Å². The summed E-state index contributed by atoms with van der Waals surface area (Å²) in [5.74, 6) is 1.55. The molecule has 0 rings (SSSR count). The van der Waals surface area contributed by atoms with Gasteiger partial charge in [0, 0.05) is 5.97 Å². The Labute approximate surface area is 115 Å². The number of rotatable bonds is 2. The number of hydrogen-bond donors (Lipinski definition) is 0. The molecule has 0 aromatic rings. The van der Waals surface area contributed by atoms with Crippen LogP contribution < -0.4 is 56.5 Å². The quantitative estimate of drug-likeness (QED) is 0.266. The topological polar surface area (TPSA) is 70.1 Å². The van der Waals surface area contributed by atoms with Crippen molar-refractivity contribution in [1.82, 2.24) is 0 Å². The zero-order valence-electron chi connectivity index (χ0n) is 7.63. The van der Waals surface area contributed by atoms with E-state index in [1.165, 1.54) is 11.5 Å². The van der Waals surface area contributed by atoms with E-state index in [-0.39, 0.29) is 56.9 Å². The van der Waals surface area contributed by atoms with Crippen LogP contribution >= 0.6 is 0 Å². The molecule has 11 heavy (non-hydrogen) atoms. The Morgan fingerprint density at radius 2 is 1.55 bits per heavy atom. The number of carboxylic acid groups (broad SMARTS) is 1. The molecule has 0 aliphatic carbocycles. The van der Waals surface area contributed by atoms with Crippen molar-refractivity contribution in [3.05, 3.63) is 0 Å². The third-order valence-corrected chi connectivity index (χ3v) is 1.34. The molecule has 1 N–H and O–H groups in total. The van der Waals surface area contributed by atoms with E-state index in [2.05, 4.69) is 13.8 Å². The van der Waals surface area contributed by atoms with Gasteiger partial charge >= 0.3 is 51.4 Å². The van der Waals surface area contributed by atoms with E-state index in [1.807, 2.05) is 0 Å². The van der Waals surface area contributed by atoms with Crippen molar-refractivity contribution in [2.24, 2.45) is 0 Å². The SMILES string of the molecule is CC(=O)[O-].CC[SH+]CC.[K+].[OH-]. The van der Waals surface area contributed by atoms with Crippen LogP contribution in [0.3, 0.4) is 0 Å². The molecule has 5 heteroatoms. The number of thiol groups is 1. The summed E-state index contributed by atoms with van der Waals surface area (Å²) < 4.78 is 0. The van der Waals surface area contributed by atoms with Crippen LogP contribution in [0, 0.1) is 0 Å². The summed E-state index contributed by atoms with van der Waals surface area (Å²) >= 11 is 1.58. The van der Waals surface area contributed by atoms with Gasteiger partial charge in [0.15, 0.2) is 0 Å². The van der Waals surface area contributed by atoms with Gasteiger partial charge in [-0.1, -0.05) is 0 Å². The van der Waals surface area contributed by atoms with E-state index in [0.717, 1.165) is 6.92 Å². The molecule has 0 atom stereocenters. The number of hydrogen-bond acceptors (Lipinski definition) is 3. The molecule has 0 amide bonds. The van der Waals surface area contributed by atoms with Crippen molar-refractivity contribution in [3.8, 4) is 0 Å². The molecule has 0 aromatic carbocycles. The first-order chi connectivity index (χ1) is 4.15. The Morgan fingerprint density at radius 1 is 1.36 bits per heavy atom. The zero-order chi connectivity index (χ0) is 7.70. The van der Waals surface area contributed by atoms with Gasteiger partial charge in [-0.05, 0) is 32.5 Å². The van der Waals surface area contributed by atoms with Gasteiger partial charge in [0.2, 0.25) is 0 Å². The van der Waals surface area contributed by atoms with Crippen molar-refractivity contribution < 1.29 is 66.8 Å². The largest absolute Gasteiger partial charge is 1.00 e. The summed E-state index contributed by atoms with van der Waals surface area (Å²) in [5.41, 5.74) is 0. The van der Waals surface area contributed by atoms with E-state index in [9.17, 15) is 0 Å². The molecule has 0 saturated carbocycles. The molecular formula is C6H15KO3S. The van der Waals surface area contributed by atoms with Crippen LogP contribution in [-0.4, -0.2) is 23.0 Å². The van der Waals surface area contributed by atoms with Crippen LogP contribution in [0.1, 0.15) is 20.8 Å². The summed E-state index contributed by atoms with van der Waals surface area (Å²) in [5, 5.41) is 8.89. The monoisotopic (exact) mass is 206 g/mol. The van der Waals surface area contributed by atoms with Crippen LogP contribution in [0.5, 0.6) is 0 Å². The maximum absolute atomic E-state index is 8.89. The van der Waals surface area contributed by atoms with Crippen molar-refractivity contribution in [3.63, 3.8) is 0 Å². The van der Waals surface area contributed by atoms with Gasteiger partial charge in [0.1, 0.15) is 11.5 Å². The molecule has 0 unspecified atom stereocenters. The van der Waals surface area contributed by atoms with Gasteiger partial charge < -0.3 is 15.4 Å². The Kier molecular flexibility index (Phi) is 46.8. The first-order valence-electron chi connectivity index (χ1n) is 2.95. The number of carbonyl (C=O) groups is 1. The van der Waals surface area contributed by atoms with Gasteiger partial charge in [0.05, 0.1) is 0 Å². The van der Waals surface area contributed by atoms with Crippen molar-refractivity contribution in [2.75, 3.05) is 11.5 Å². The fourth-order valence-corrected chi connectivity index (χ4v) is 0.671. The molecule has 0 aliphatic rings. The minimum Gasteiger partial charge on any atom is -0.870 e. The van der Waals surface area contributed by atoms with Crippen LogP contribution in [-0.2, 0) is 16.6 Å². The van der Waals surface area contributed by atoms with E-state index >= 15 is 0 Å². The van der Waals surface area contributed by atoms with Crippen molar-refractivity contribution in [2.45, 2.75) is 20.8 Å². The standard InChI is InChI=1S/C4H10S.C2H4O2.K.H2O/c1-3-5-4-2;1-2(3)4;;/h3-4H2,1-2H3;1H3,(H,3,4);;1H2/q;;+1;/p-1. The summed E-state index contributed by atoms with van der Waals surface area (Å²) in [6.07, 6.45) is 0. The molecule has 0 saturated heterocycles. The Morgan fingerprint density at radius 3 is 1.55 bits per heavy atom. The average Bonchev–Trinajstić information content (AvgIpc) is 1.66. The number of carbonyl (C=O) groups excluding carboxylic acids is 1. The Balaban J connectivity index is -0.0000000383. The normalized spacial score (nSPS) is 6.09. The molecule has 0 radical (unpaired) electrons. The van der Waals surface area contributed by atoms with E-state index in [4.69, 9.17) is 9.90 Å². The third-order valence-electron chi connectivity index (χ3n) is 0.447. The smallest absolute Gasteiger partial charge is 0.870 e. The van der Waals surface area contributed by atoms with Crippen LogP contribution in [0.25, 0.3) is 0 Å². The fraction of sp³-hybridized carbons (Fsp3) is 0.833. The Hall–Kier alpha value is 1.42. The van der Waals surface area contributed by atoms with Crippen molar-refractivity contribution in [1.29, 1.82) is 0 Å². The molecule has 3 nitrogen and oxygen atoms in total. The first kappa shape index (κ1) is 22.8. The van der Waals surface area contributed by atoms with Gasteiger partial charge in [0.25, 0.3) is 0 Å². The number of aliphatic carboxylic acids is 1. The summed E-state index contributed by atoms with van der Waals surface area (Å²) in [6, 6.07) is 0. The first-order valence-corrected chi connectivity index (χ1v) is 4.22. The Bertz CT molecular complexity index is 64.8. The molecule has 0 aliphatic heterocycles. The zero-order valence-corrected chi connectivity index (χ0v) is 11.6. The van der Waals surface area contributed by atoms with Gasteiger partial charge in [-0.2, -0.15) is 0 Å². The third kappa shape index (κ3) is 86.7. The predicted octanol–water partition coefficient (Wildman–Crippen LogP) is -3.58. The second-order valence-electron chi connectivity index (χ2n) is 1.35.